The maximum atomic E-state index is 15.2. The lowest BCUT2D eigenvalue weighted by atomic mass is 9.73. The molecule has 4 aromatic carbocycles. The van der Waals surface area contributed by atoms with Crippen LogP contribution < -0.4 is 14.5 Å². The molecule has 51 heavy (non-hydrogen) atoms. The minimum Gasteiger partial charge on any atom is -0.494 e. The SMILES string of the molecule is CCOc1ccc(N2CC=C[C@]3(CC)O[C@]45C=CCN(c6ccc7ccccc7c6)C(=O)C4N([C@H](CO)c4ccccc4)C(=O)[C@@H]5[C@@H]3C2=O)cc1. The second-order valence-electron chi connectivity index (χ2n) is 13.6. The predicted octanol–water partition coefficient (Wildman–Crippen LogP) is 5.84. The first kappa shape index (κ1) is 32.9. The molecule has 4 aromatic rings. The van der Waals surface area contributed by atoms with Gasteiger partial charge in [0.1, 0.15) is 17.4 Å². The number of hydrogen-bond donors (Lipinski definition) is 1. The van der Waals surface area contributed by atoms with Crippen molar-refractivity contribution in [1.82, 2.24) is 4.90 Å². The third-order valence-electron chi connectivity index (χ3n) is 11.1. The van der Waals surface area contributed by atoms with Crippen LogP contribution in [0.15, 0.2) is 121 Å². The molecule has 0 aliphatic carbocycles. The lowest BCUT2D eigenvalue weighted by Crippen LogP contribution is -2.57. The van der Waals surface area contributed by atoms with E-state index >= 15 is 9.59 Å². The van der Waals surface area contributed by atoms with Crippen LogP contribution in [0.4, 0.5) is 11.4 Å². The Hall–Kier alpha value is -5.25. The summed E-state index contributed by atoms with van der Waals surface area (Å²) in [4.78, 5) is 50.4. The standard InChI is InChI=1S/C42H41N3O6/c1-3-41-22-10-24-43(31-18-20-33(21-19-31)50-4-2)38(47)35(41)36-39(48)45(34(27-46)29-13-6-5-7-14-29)37-40(49)44(25-11-23-42(36,37)51-41)32-17-16-28-12-8-9-15-30(28)26-32/h5-23,26,34-37,46H,3-4,24-25,27H2,1-2H3/t34-,35-,36+,37?,41+,42+/m1/s1. The molecular weight excluding hydrogens is 642 g/mol. The molecule has 1 unspecified atom stereocenters. The highest BCUT2D eigenvalue weighted by atomic mass is 16.5. The summed E-state index contributed by atoms with van der Waals surface area (Å²) < 4.78 is 12.9. The fourth-order valence-corrected chi connectivity index (χ4v) is 8.76. The molecule has 6 atom stereocenters. The van der Waals surface area contributed by atoms with Crippen LogP contribution in [0.3, 0.4) is 0 Å². The van der Waals surface area contributed by atoms with Crippen LogP contribution >= 0.6 is 0 Å². The highest BCUT2D eigenvalue weighted by molar-refractivity contribution is 6.08. The number of hydrogen-bond acceptors (Lipinski definition) is 6. The first-order valence-corrected chi connectivity index (χ1v) is 17.7. The van der Waals surface area contributed by atoms with Gasteiger partial charge in [-0.15, -0.1) is 0 Å². The van der Waals surface area contributed by atoms with E-state index in [-0.39, 0.29) is 18.4 Å². The van der Waals surface area contributed by atoms with Crippen molar-refractivity contribution in [3.8, 4) is 5.75 Å². The van der Waals surface area contributed by atoms with Gasteiger partial charge in [0.25, 0.3) is 5.91 Å². The fraction of sp³-hybridized carbons (Fsp3) is 0.310. The van der Waals surface area contributed by atoms with Gasteiger partial charge in [-0.25, -0.2) is 0 Å². The van der Waals surface area contributed by atoms with Gasteiger partial charge >= 0.3 is 0 Å². The highest BCUT2D eigenvalue weighted by Gasteiger charge is 2.76. The molecule has 0 saturated carbocycles. The van der Waals surface area contributed by atoms with Gasteiger partial charge in [0.05, 0.1) is 36.7 Å². The third kappa shape index (κ3) is 5.09. The molecule has 0 radical (unpaired) electrons. The Balaban J connectivity index is 1.27. The normalized spacial score (nSPS) is 27.6. The van der Waals surface area contributed by atoms with E-state index in [4.69, 9.17) is 9.47 Å². The number of anilines is 2. The van der Waals surface area contributed by atoms with Crippen LogP contribution in [0.5, 0.6) is 5.75 Å². The maximum Gasteiger partial charge on any atom is 0.253 e. The number of aliphatic hydroxyl groups excluding tert-OH is 1. The number of aliphatic hydroxyl groups is 1. The van der Waals surface area contributed by atoms with E-state index in [1.165, 1.54) is 4.90 Å². The molecule has 2 saturated heterocycles. The van der Waals surface area contributed by atoms with Crippen LogP contribution in [0.2, 0.25) is 0 Å². The molecule has 9 nitrogen and oxygen atoms in total. The Morgan fingerprint density at radius 1 is 0.765 bits per heavy atom. The average Bonchev–Trinajstić information content (AvgIpc) is 3.45. The molecule has 2 fully saturated rings. The van der Waals surface area contributed by atoms with E-state index in [1.54, 1.807) is 9.80 Å². The Labute approximate surface area is 297 Å². The smallest absolute Gasteiger partial charge is 0.253 e. The molecule has 4 aliphatic rings. The summed E-state index contributed by atoms with van der Waals surface area (Å²) in [7, 11) is 0. The van der Waals surface area contributed by atoms with Crippen molar-refractivity contribution in [1.29, 1.82) is 0 Å². The van der Waals surface area contributed by atoms with Crippen molar-refractivity contribution in [2.24, 2.45) is 11.8 Å². The fourth-order valence-electron chi connectivity index (χ4n) is 8.76. The molecule has 0 bridgehead atoms. The van der Waals surface area contributed by atoms with Crippen LogP contribution in [0.25, 0.3) is 10.8 Å². The average molecular weight is 684 g/mol. The number of ether oxygens (including phenoxy) is 2. The van der Waals surface area contributed by atoms with E-state index in [2.05, 4.69) is 0 Å². The second kappa shape index (κ2) is 12.8. The second-order valence-corrected chi connectivity index (χ2v) is 13.6. The quantitative estimate of drug-likeness (QED) is 0.235. The van der Waals surface area contributed by atoms with Gasteiger partial charge < -0.3 is 29.3 Å². The molecule has 8 rings (SSSR count). The highest BCUT2D eigenvalue weighted by Crippen LogP contribution is 2.60. The zero-order chi connectivity index (χ0) is 35.3. The molecule has 4 aliphatic heterocycles. The minimum absolute atomic E-state index is 0.245. The van der Waals surface area contributed by atoms with Crippen LogP contribution in [0, 0.1) is 11.8 Å². The lowest BCUT2D eigenvalue weighted by Gasteiger charge is -2.41. The number of likely N-dealkylation sites (tertiary alicyclic amines) is 1. The van der Waals surface area contributed by atoms with Crippen molar-refractivity contribution in [2.75, 3.05) is 36.1 Å². The molecule has 1 N–H and O–H groups in total. The van der Waals surface area contributed by atoms with E-state index in [9.17, 15) is 9.90 Å². The van der Waals surface area contributed by atoms with E-state index in [0.717, 1.165) is 10.8 Å². The van der Waals surface area contributed by atoms with Gasteiger partial charge in [0.15, 0.2) is 0 Å². The predicted molar refractivity (Wildman–Crippen MR) is 195 cm³/mol. The Bertz CT molecular complexity index is 2050. The Morgan fingerprint density at radius 3 is 2.14 bits per heavy atom. The first-order valence-electron chi connectivity index (χ1n) is 17.7. The summed E-state index contributed by atoms with van der Waals surface area (Å²) in [5.41, 5.74) is -0.582. The van der Waals surface area contributed by atoms with E-state index < -0.39 is 47.6 Å². The van der Waals surface area contributed by atoms with Gasteiger partial charge in [-0.3, -0.25) is 14.4 Å². The largest absolute Gasteiger partial charge is 0.494 e. The molecular formula is C42H41N3O6. The van der Waals surface area contributed by atoms with Crippen LogP contribution in [-0.4, -0.2) is 71.3 Å². The van der Waals surface area contributed by atoms with Gasteiger partial charge in [0, 0.05) is 24.5 Å². The topological polar surface area (TPSA) is 99.6 Å². The van der Waals surface area contributed by atoms with Crippen LogP contribution in [-0.2, 0) is 19.1 Å². The van der Waals surface area contributed by atoms with Gasteiger partial charge in [-0.05, 0) is 66.1 Å². The first-order chi connectivity index (χ1) is 24.9. The Kier molecular flexibility index (Phi) is 8.27. The Morgan fingerprint density at radius 2 is 1.43 bits per heavy atom. The zero-order valence-corrected chi connectivity index (χ0v) is 28.7. The number of carbonyl (C=O) groups is 3. The summed E-state index contributed by atoms with van der Waals surface area (Å²) in [5.74, 6) is -2.24. The number of amides is 3. The monoisotopic (exact) mass is 683 g/mol. The van der Waals surface area contributed by atoms with Gasteiger partial charge in [-0.1, -0.05) is 91.9 Å². The summed E-state index contributed by atoms with van der Waals surface area (Å²) in [5, 5.41) is 13.0. The maximum absolute atomic E-state index is 15.2. The lowest BCUT2D eigenvalue weighted by molar-refractivity contribution is -0.149. The minimum atomic E-state index is -1.48. The number of nitrogens with zero attached hydrogens (tertiary/aromatic N) is 3. The molecule has 0 aromatic heterocycles. The molecule has 3 amide bonds. The number of benzene rings is 4. The summed E-state index contributed by atoms with van der Waals surface area (Å²) in [6, 6.07) is 28.4. The van der Waals surface area contributed by atoms with E-state index in [0.29, 0.717) is 42.3 Å². The van der Waals surface area contributed by atoms with Crippen molar-refractivity contribution in [3.63, 3.8) is 0 Å². The van der Waals surface area contributed by atoms with Crippen LogP contribution in [0.1, 0.15) is 31.9 Å². The summed E-state index contributed by atoms with van der Waals surface area (Å²) >= 11 is 0. The molecule has 1 spiro atoms. The van der Waals surface area contributed by atoms with Crippen molar-refractivity contribution >= 4 is 39.9 Å². The molecule has 4 heterocycles. The number of fused-ring (bicyclic) bond motifs is 3. The van der Waals surface area contributed by atoms with E-state index in [1.807, 2.05) is 135 Å². The molecule has 9 heteroatoms. The third-order valence-corrected chi connectivity index (χ3v) is 11.1. The van der Waals surface area contributed by atoms with Crippen molar-refractivity contribution < 1.29 is 29.0 Å². The zero-order valence-electron chi connectivity index (χ0n) is 28.7. The van der Waals surface area contributed by atoms with Gasteiger partial charge in [-0.2, -0.15) is 0 Å². The number of rotatable bonds is 8. The molecule has 260 valence electrons. The summed E-state index contributed by atoms with van der Waals surface area (Å²) in [6.45, 7) is 4.51. The van der Waals surface area contributed by atoms with Crippen molar-refractivity contribution in [3.05, 3.63) is 127 Å². The van der Waals surface area contributed by atoms with Gasteiger partial charge in [0.2, 0.25) is 11.8 Å². The number of carbonyl (C=O) groups excluding carboxylic acids is 3. The van der Waals surface area contributed by atoms with Crippen molar-refractivity contribution in [2.45, 2.75) is 43.6 Å². The summed E-state index contributed by atoms with van der Waals surface area (Å²) in [6.07, 6.45) is 8.01.